The van der Waals surface area contributed by atoms with E-state index in [0.29, 0.717) is 34.8 Å². The quantitative estimate of drug-likeness (QED) is 0.743. The number of rotatable bonds is 2. The van der Waals surface area contributed by atoms with Crippen LogP contribution in [0.4, 0.5) is 5.69 Å². The number of pyridine rings is 1. The molecule has 1 aromatic carbocycles. The van der Waals surface area contributed by atoms with Gasteiger partial charge in [0.2, 0.25) is 0 Å². The molecule has 1 aliphatic carbocycles. The lowest BCUT2D eigenvalue weighted by atomic mass is 9.68. The van der Waals surface area contributed by atoms with Crippen LogP contribution in [-0.2, 0) is 4.79 Å². The van der Waals surface area contributed by atoms with Crippen molar-refractivity contribution < 1.29 is 4.79 Å². The van der Waals surface area contributed by atoms with Gasteiger partial charge in [-0.25, -0.2) is 0 Å². The summed E-state index contributed by atoms with van der Waals surface area (Å²) in [5.41, 5.74) is 10.7. The zero-order valence-electron chi connectivity index (χ0n) is 17.2. The number of nitrogens with zero attached hydrogens (tertiary/aromatic N) is 3. The zero-order chi connectivity index (χ0) is 21.6. The minimum absolute atomic E-state index is 0.0417. The van der Waals surface area contributed by atoms with E-state index in [1.165, 1.54) is 0 Å². The molecule has 1 aliphatic heterocycles. The molecule has 0 saturated carbocycles. The number of benzene rings is 1. The van der Waals surface area contributed by atoms with E-state index < -0.39 is 5.92 Å². The number of ketones is 1. The number of nitrogens with two attached hydrogens (primary N) is 1. The molecular weight excluding hydrogens is 396 g/mol. The summed E-state index contributed by atoms with van der Waals surface area (Å²) in [4.78, 5) is 19.5. The molecule has 30 heavy (non-hydrogen) atoms. The Morgan fingerprint density at radius 1 is 1.27 bits per heavy atom. The molecule has 1 atom stereocenters. The van der Waals surface area contributed by atoms with Gasteiger partial charge in [0.15, 0.2) is 5.78 Å². The average Bonchev–Trinajstić information content (AvgIpc) is 2.70. The van der Waals surface area contributed by atoms with Crippen molar-refractivity contribution in [1.82, 2.24) is 4.98 Å². The third-order valence-electron chi connectivity index (χ3n) is 5.88. The van der Waals surface area contributed by atoms with Gasteiger partial charge in [-0.15, -0.1) is 0 Å². The number of hydrogen-bond acceptors (Lipinski definition) is 5. The molecule has 4 rings (SSSR count). The molecule has 2 aromatic rings. The highest BCUT2D eigenvalue weighted by Gasteiger charge is 2.45. The molecule has 0 radical (unpaired) electrons. The fourth-order valence-electron chi connectivity index (χ4n) is 4.50. The van der Waals surface area contributed by atoms with Crippen molar-refractivity contribution in [2.45, 2.75) is 39.5 Å². The lowest BCUT2D eigenvalue weighted by molar-refractivity contribution is -0.118. The van der Waals surface area contributed by atoms with Gasteiger partial charge in [0.05, 0.1) is 23.2 Å². The van der Waals surface area contributed by atoms with Crippen molar-refractivity contribution in [2.75, 3.05) is 4.90 Å². The molecule has 0 fully saturated rings. The lowest BCUT2D eigenvalue weighted by Gasteiger charge is -2.44. The van der Waals surface area contributed by atoms with Gasteiger partial charge in [0, 0.05) is 35.1 Å². The van der Waals surface area contributed by atoms with Gasteiger partial charge in [0.1, 0.15) is 5.82 Å². The van der Waals surface area contributed by atoms with Gasteiger partial charge in [-0.3, -0.25) is 14.7 Å². The Morgan fingerprint density at radius 2 is 2.03 bits per heavy atom. The fraction of sp³-hybridized carbons (Fsp3) is 0.292. The minimum Gasteiger partial charge on any atom is -0.384 e. The number of Topliss-reactive ketones (excluding diaryl/α,β-unsaturated/α-hetero) is 1. The Labute approximate surface area is 181 Å². The molecule has 0 bridgehead atoms. The maximum Gasteiger partial charge on any atom is 0.162 e. The molecule has 2 N–H and O–H groups in total. The lowest BCUT2D eigenvalue weighted by Crippen LogP contribution is -2.42. The summed E-state index contributed by atoms with van der Waals surface area (Å²) < 4.78 is 0. The molecule has 5 nitrogen and oxygen atoms in total. The van der Waals surface area contributed by atoms with Crippen LogP contribution in [0, 0.1) is 23.7 Å². The largest absolute Gasteiger partial charge is 0.384 e. The Hall–Kier alpha value is -3.10. The van der Waals surface area contributed by atoms with Crippen LogP contribution in [0.25, 0.3) is 0 Å². The highest BCUT2D eigenvalue weighted by molar-refractivity contribution is 6.31. The van der Waals surface area contributed by atoms with Crippen LogP contribution in [0.3, 0.4) is 0 Å². The Bertz CT molecular complexity index is 1140. The molecular formula is C24H23ClN4O. The monoisotopic (exact) mass is 418 g/mol. The van der Waals surface area contributed by atoms with Gasteiger partial charge in [0.25, 0.3) is 0 Å². The molecule has 0 unspecified atom stereocenters. The maximum absolute atomic E-state index is 13.4. The van der Waals surface area contributed by atoms with Crippen LogP contribution in [0.5, 0.6) is 0 Å². The highest BCUT2D eigenvalue weighted by Crippen LogP contribution is 2.50. The van der Waals surface area contributed by atoms with Crippen molar-refractivity contribution >= 4 is 23.1 Å². The van der Waals surface area contributed by atoms with Crippen molar-refractivity contribution in [3.8, 4) is 6.07 Å². The second-order valence-electron chi connectivity index (χ2n) is 8.65. The Balaban J connectivity index is 2.04. The number of carbonyl (C=O) groups excluding carboxylic acids is 1. The predicted molar refractivity (Wildman–Crippen MR) is 118 cm³/mol. The van der Waals surface area contributed by atoms with Crippen LogP contribution in [0.15, 0.2) is 65.4 Å². The van der Waals surface area contributed by atoms with E-state index in [4.69, 9.17) is 17.3 Å². The summed E-state index contributed by atoms with van der Waals surface area (Å²) in [5, 5.41) is 10.7. The molecule has 0 amide bonds. The van der Waals surface area contributed by atoms with Crippen LogP contribution < -0.4 is 10.6 Å². The molecule has 0 spiro atoms. The number of carbonyl (C=O) groups is 1. The first-order valence-electron chi connectivity index (χ1n) is 9.86. The second-order valence-corrected chi connectivity index (χ2v) is 9.06. The first-order valence-corrected chi connectivity index (χ1v) is 10.2. The van der Waals surface area contributed by atoms with Crippen LogP contribution in [0.2, 0.25) is 5.02 Å². The zero-order valence-corrected chi connectivity index (χ0v) is 18.0. The van der Waals surface area contributed by atoms with Crippen molar-refractivity contribution in [2.24, 2.45) is 11.1 Å². The summed E-state index contributed by atoms with van der Waals surface area (Å²) in [7, 11) is 0. The van der Waals surface area contributed by atoms with Gasteiger partial charge >= 0.3 is 0 Å². The SMILES string of the molecule is Cc1c(Cl)cccc1N1C(N)=C(C#N)[C@H](c2cccnc2)C2=C1CC(C)(C)CC2=O. The highest BCUT2D eigenvalue weighted by atomic mass is 35.5. The van der Waals surface area contributed by atoms with Gasteiger partial charge in [-0.2, -0.15) is 5.26 Å². The van der Waals surface area contributed by atoms with Crippen molar-refractivity contribution in [3.63, 3.8) is 0 Å². The van der Waals surface area contributed by atoms with Crippen molar-refractivity contribution in [1.29, 1.82) is 5.26 Å². The first kappa shape index (κ1) is 20.2. The minimum atomic E-state index is -0.516. The van der Waals surface area contributed by atoms with E-state index in [2.05, 4.69) is 24.9 Å². The first-order chi connectivity index (χ1) is 14.2. The maximum atomic E-state index is 13.4. The number of hydrogen-bond donors (Lipinski definition) is 1. The van der Waals surface area contributed by atoms with E-state index in [0.717, 1.165) is 22.5 Å². The van der Waals surface area contributed by atoms with Gasteiger partial charge in [-0.1, -0.05) is 37.6 Å². The number of anilines is 1. The topological polar surface area (TPSA) is 83.0 Å². The third kappa shape index (κ3) is 3.18. The van der Waals surface area contributed by atoms with Crippen LogP contribution in [-0.4, -0.2) is 10.8 Å². The fourth-order valence-corrected chi connectivity index (χ4v) is 4.67. The number of halogens is 1. The summed E-state index contributed by atoms with van der Waals surface area (Å²) in [6.07, 6.45) is 4.46. The van der Waals surface area contributed by atoms with E-state index in [1.807, 2.05) is 42.2 Å². The standard InChI is InChI=1S/C24H23ClN4O/c1-14-17(25)7-4-8-18(14)29-19-10-24(2,3)11-20(30)22(19)21(16(12-26)23(29)27)15-6-5-9-28-13-15/h4-9,13,21H,10-11,27H2,1-3H3/t21-/m0/s1. The molecule has 2 heterocycles. The van der Waals surface area contributed by atoms with E-state index in [-0.39, 0.29) is 11.2 Å². The smallest absolute Gasteiger partial charge is 0.162 e. The Morgan fingerprint density at radius 3 is 2.70 bits per heavy atom. The van der Waals surface area contributed by atoms with E-state index in [1.54, 1.807) is 12.4 Å². The van der Waals surface area contributed by atoms with E-state index in [9.17, 15) is 10.1 Å². The molecule has 0 saturated heterocycles. The molecule has 2 aliphatic rings. The summed E-state index contributed by atoms with van der Waals surface area (Å²) in [6, 6.07) is 11.6. The Kier molecular flexibility index (Phi) is 4.91. The number of allylic oxidation sites excluding steroid dienone is 3. The van der Waals surface area contributed by atoms with Gasteiger partial charge < -0.3 is 5.73 Å². The van der Waals surface area contributed by atoms with Crippen molar-refractivity contribution in [3.05, 3.63) is 81.5 Å². The van der Waals surface area contributed by atoms with Crippen LogP contribution >= 0.6 is 11.6 Å². The summed E-state index contributed by atoms with van der Waals surface area (Å²) in [6.45, 7) is 6.08. The summed E-state index contributed by atoms with van der Waals surface area (Å²) in [5.74, 6) is -0.140. The normalized spacial score (nSPS) is 20.8. The summed E-state index contributed by atoms with van der Waals surface area (Å²) >= 11 is 6.40. The van der Waals surface area contributed by atoms with Crippen LogP contribution in [0.1, 0.15) is 43.7 Å². The number of aromatic nitrogens is 1. The molecule has 1 aromatic heterocycles. The molecule has 152 valence electrons. The molecule has 6 heteroatoms. The number of nitriles is 1. The average molecular weight is 419 g/mol. The second kappa shape index (κ2) is 7.30. The van der Waals surface area contributed by atoms with Gasteiger partial charge in [-0.05, 0) is 48.1 Å². The third-order valence-corrected chi connectivity index (χ3v) is 6.29. The predicted octanol–water partition coefficient (Wildman–Crippen LogP) is 4.98. The van der Waals surface area contributed by atoms with E-state index >= 15 is 0 Å².